The van der Waals surface area contributed by atoms with Gasteiger partial charge in [0.1, 0.15) is 17.2 Å². The van der Waals surface area contributed by atoms with E-state index in [1.54, 1.807) is 31.2 Å². The van der Waals surface area contributed by atoms with Gasteiger partial charge < -0.3 is 30.3 Å². The molecular formula is C24H22N2O7. The molecule has 0 spiro atoms. The van der Waals surface area contributed by atoms with Crippen LogP contribution in [0.3, 0.4) is 0 Å². The lowest BCUT2D eigenvalue weighted by Crippen LogP contribution is -2.22. The van der Waals surface area contributed by atoms with Gasteiger partial charge in [0.15, 0.2) is 0 Å². The van der Waals surface area contributed by atoms with Crippen molar-refractivity contribution in [3.8, 4) is 17.2 Å². The SMILES string of the molecule is CCOC(=O)Oc1ccc(C(=O)NCc2ccc(NC(=O)c3cc(O)cc(O)c3)cc2)cc1. The van der Waals surface area contributed by atoms with Crippen molar-refractivity contribution in [2.75, 3.05) is 11.9 Å². The van der Waals surface area contributed by atoms with Crippen LogP contribution in [0.4, 0.5) is 10.5 Å². The first-order chi connectivity index (χ1) is 15.8. The smallest absolute Gasteiger partial charge is 0.508 e. The summed E-state index contributed by atoms with van der Waals surface area (Å²) in [6.45, 7) is 2.13. The molecule has 0 aliphatic carbocycles. The molecule has 3 rings (SSSR count). The maximum Gasteiger partial charge on any atom is 0.513 e. The van der Waals surface area contributed by atoms with Gasteiger partial charge in [0, 0.05) is 29.4 Å². The molecule has 0 aliphatic rings. The number of carbonyl (C=O) groups is 3. The molecule has 0 heterocycles. The second-order valence-corrected chi connectivity index (χ2v) is 6.88. The van der Waals surface area contributed by atoms with Gasteiger partial charge in [0.05, 0.1) is 6.61 Å². The highest BCUT2D eigenvalue weighted by Gasteiger charge is 2.10. The van der Waals surface area contributed by atoms with E-state index in [-0.39, 0.29) is 41.9 Å². The Kier molecular flexibility index (Phi) is 7.48. The molecule has 9 heteroatoms. The van der Waals surface area contributed by atoms with E-state index < -0.39 is 12.1 Å². The Hall–Kier alpha value is -4.53. The second-order valence-electron chi connectivity index (χ2n) is 6.88. The molecule has 0 fully saturated rings. The number of hydrogen-bond donors (Lipinski definition) is 4. The summed E-state index contributed by atoms with van der Waals surface area (Å²) in [6.07, 6.45) is -0.811. The van der Waals surface area contributed by atoms with Gasteiger partial charge in [0.2, 0.25) is 0 Å². The Bertz CT molecular complexity index is 1120. The number of hydrogen-bond acceptors (Lipinski definition) is 7. The molecule has 0 saturated carbocycles. The minimum Gasteiger partial charge on any atom is -0.508 e. The van der Waals surface area contributed by atoms with Crippen LogP contribution in [-0.4, -0.2) is 34.8 Å². The van der Waals surface area contributed by atoms with Crippen LogP contribution < -0.4 is 15.4 Å². The fourth-order valence-electron chi connectivity index (χ4n) is 2.84. The van der Waals surface area contributed by atoms with E-state index in [0.29, 0.717) is 11.3 Å². The number of phenols is 2. The number of rotatable bonds is 7. The van der Waals surface area contributed by atoms with Crippen LogP contribution in [0.5, 0.6) is 17.2 Å². The number of ether oxygens (including phenoxy) is 2. The third-order valence-electron chi connectivity index (χ3n) is 4.41. The average molecular weight is 450 g/mol. The van der Waals surface area contributed by atoms with Crippen molar-refractivity contribution in [3.63, 3.8) is 0 Å². The summed E-state index contributed by atoms with van der Waals surface area (Å²) < 4.78 is 9.64. The van der Waals surface area contributed by atoms with Gasteiger partial charge >= 0.3 is 6.16 Å². The summed E-state index contributed by atoms with van der Waals surface area (Å²) in [5.74, 6) is -0.959. The lowest BCUT2D eigenvalue weighted by molar-refractivity contribution is 0.0950. The van der Waals surface area contributed by atoms with Crippen molar-refractivity contribution in [1.29, 1.82) is 0 Å². The van der Waals surface area contributed by atoms with E-state index in [9.17, 15) is 24.6 Å². The Morgan fingerprint density at radius 2 is 1.45 bits per heavy atom. The first-order valence-electron chi connectivity index (χ1n) is 10.00. The summed E-state index contributed by atoms with van der Waals surface area (Å²) in [5.41, 5.74) is 1.82. The highest BCUT2D eigenvalue weighted by atomic mass is 16.7. The van der Waals surface area contributed by atoms with Gasteiger partial charge in [-0.2, -0.15) is 0 Å². The monoisotopic (exact) mass is 450 g/mol. The summed E-state index contributed by atoms with van der Waals surface area (Å²) in [7, 11) is 0. The molecule has 33 heavy (non-hydrogen) atoms. The van der Waals surface area contributed by atoms with E-state index in [2.05, 4.69) is 15.4 Å². The first kappa shape index (κ1) is 23.1. The molecule has 0 aromatic heterocycles. The summed E-state index contributed by atoms with van der Waals surface area (Å²) >= 11 is 0. The molecule has 2 amide bonds. The molecule has 0 aliphatic heterocycles. The number of phenolic OH excluding ortho intramolecular Hbond substituents is 2. The van der Waals surface area contributed by atoms with E-state index in [1.165, 1.54) is 36.4 Å². The molecular weight excluding hydrogens is 428 g/mol. The number of amides is 2. The van der Waals surface area contributed by atoms with Gasteiger partial charge in [-0.3, -0.25) is 9.59 Å². The van der Waals surface area contributed by atoms with E-state index in [4.69, 9.17) is 4.74 Å². The molecule has 9 nitrogen and oxygen atoms in total. The quantitative estimate of drug-likeness (QED) is 0.318. The molecule has 0 radical (unpaired) electrons. The fraction of sp³-hybridized carbons (Fsp3) is 0.125. The van der Waals surface area contributed by atoms with E-state index in [0.717, 1.165) is 11.6 Å². The third kappa shape index (κ3) is 6.73. The minimum absolute atomic E-state index is 0.113. The van der Waals surface area contributed by atoms with Gasteiger partial charge in [0.25, 0.3) is 11.8 Å². The molecule has 3 aromatic carbocycles. The molecule has 0 atom stereocenters. The Balaban J connectivity index is 1.52. The van der Waals surface area contributed by atoms with Crippen molar-refractivity contribution in [2.24, 2.45) is 0 Å². The molecule has 0 bridgehead atoms. The maximum atomic E-state index is 12.3. The van der Waals surface area contributed by atoms with Crippen molar-refractivity contribution >= 4 is 23.7 Å². The molecule has 0 unspecified atom stereocenters. The molecule has 4 N–H and O–H groups in total. The summed E-state index contributed by atoms with van der Waals surface area (Å²) in [4.78, 5) is 35.9. The van der Waals surface area contributed by atoms with Crippen molar-refractivity contribution in [3.05, 3.63) is 83.4 Å². The van der Waals surface area contributed by atoms with E-state index >= 15 is 0 Å². The van der Waals surface area contributed by atoms with Crippen LogP contribution in [0.2, 0.25) is 0 Å². The topological polar surface area (TPSA) is 134 Å². The van der Waals surface area contributed by atoms with Crippen LogP contribution in [0.25, 0.3) is 0 Å². The number of nitrogens with one attached hydrogen (secondary N) is 2. The van der Waals surface area contributed by atoms with E-state index in [1.807, 2.05) is 0 Å². The standard InChI is InChI=1S/C24H22N2O7/c1-2-32-24(31)33-21-9-5-16(6-10-21)22(29)25-14-15-3-7-18(8-4-15)26-23(30)17-11-19(27)13-20(28)12-17/h3-13,27-28H,2,14H2,1H3,(H,25,29)(H,26,30). The zero-order chi connectivity index (χ0) is 23.8. The minimum atomic E-state index is -0.811. The summed E-state index contributed by atoms with van der Waals surface area (Å²) in [5, 5.41) is 24.4. The first-order valence-corrected chi connectivity index (χ1v) is 10.00. The zero-order valence-electron chi connectivity index (χ0n) is 17.7. The number of aromatic hydroxyl groups is 2. The van der Waals surface area contributed by atoms with Crippen LogP contribution in [0, 0.1) is 0 Å². The summed E-state index contributed by atoms with van der Waals surface area (Å²) in [6, 6.07) is 16.5. The predicted molar refractivity (Wildman–Crippen MR) is 119 cm³/mol. The Morgan fingerprint density at radius 1 is 0.818 bits per heavy atom. The van der Waals surface area contributed by atoms with Gasteiger partial charge in [-0.25, -0.2) is 4.79 Å². The lowest BCUT2D eigenvalue weighted by Gasteiger charge is -2.09. The maximum absolute atomic E-state index is 12.3. The van der Waals surface area contributed by atoms with Crippen molar-refractivity contribution in [2.45, 2.75) is 13.5 Å². The highest BCUT2D eigenvalue weighted by molar-refractivity contribution is 6.04. The largest absolute Gasteiger partial charge is 0.513 e. The Morgan fingerprint density at radius 3 is 2.06 bits per heavy atom. The number of benzene rings is 3. The number of anilines is 1. The number of carbonyl (C=O) groups excluding carboxylic acids is 3. The lowest BCUT2D eigenvalue weighted by atomic mass is 10.1. The normalized spacial score (nSPS) is 10.2. The Labute approximate surface area is 189 Å². The van der Waals surface area contributed by atoms with Crippen LogP contribution in [-0.2, 0) is 11.3 Å². The highest BCUT2D eigenvalue weighted by Crippen LogP contribution is 2.21. The second kappa shape index (κ2) is 10.7. The van der Waals surface area contributed by atoms with Crippen LogP contribution >= 0.6 is 0 Å². The van der Waals surface area contributed by atoms with Gasteiger partial charge in [-0.05, 0) is 61.0 Å². The van der Waals surface area contributed by atoms with Gasteiger partial charge in [-0.1, -0.05) is 12.1 Å². The van der Waals surface area contributed by atoms with Crippen molar-refractivity contribution in [1.82, 2.24) is 5.32 Å². The zero-order valence-corrected chi connectivity index (χ0v) is 17.7. The molecule has 170 valence electrons. The van der Waals surface area contributed by atoms with Crippen molar-refractivity contribution < 1.29 is 34.1 Å². The molecule has 0 saturated heterocycles. The predicted octanol–water partition coefficient (Wildman–Crippen LogP) is 3.82. The third-order valence-corrected chi connectivity index (χ3v) is 4.41. The van der Waals surface area contributed by atoms with Gasteiger partial charge in [-0.15, -0.1) is 0 Å². The van der Waals surface area contributed by atoms with Crippen LogP contribution in [0.1, 0.15) is 33.2 Å². The average Bonchev–Trinajstić information content (AvgIpc) is 2.78. The van der Waals surface area contributed by atoms with Crippen LogP contribution in [0.15, 0.2) is 66.7 Å². The fourth-order valence-corrected chi connectivity index (χ4v) is 2.84. The molecule has 3 aromatic rings.